The van der Waals surface area contributed by atoms with E-state index < -0.39 is 5.97 Å². The highest BCUT2D eigenvalue weighted by Gasteiger charge is 2.18. The van der Waals surface area contributed by atoms with Crippen LogP contribution in [0, 0.1) is 0 Å². The van der Waals surface area contributed by atoms with Crippen molar-refractivity contribution >= 4 is 50.1 Å². The normalized spacial score (nSPS) is 15.9. The topological polar surface area (TPSA) is 40.5 Å². The van der Waals surface area contributed by atoms with Crippen LogP contribution in [0.3, 0.4) is 0 Å². The molecule has 0 fully saturated rings. The number of rotatable bonds is 7. The molecule has 26 heavy (non-hydrogen) atoms. The van der Waals surface area contributed by atoms with E-state index in [0.29, 0.717) is 12.1 Å². The molecular formula is C20H22BrNO2S2. The van der Waals surface area contributed by atoms with Crippen LogP contribution in [0.4, 0.5) is 0 Å². The summed E-state index contributed by atoms with van der Waals surface area (Å²) in [5.74, 6) is -0.792. The summed E-state index contributed by atoms with van der Waals surface area (Å²) in [6.07, 6.45) is 6.92. The number of hydrogen-bond donors (Lipinski definition) is 1. The van der Waals surface area contributed by atoms with Crippen molar-refractivity contribution in [1.82, 2.24) is 4.90 Å². The minimum absolute atomic E-state index is 0.521. The fourth-order valence-corrected chi connectivity index (χ4v) is 5.91. The van der Waals surface area contributed by atoms with E-state index in [1.807, 2.05) is 6.08 Å². The maximum absolute atomic E-state index is 11.2. The lowest BCUT2D eigenvalue weighted by molar-refractivity contribution is -0.133. The molecule has 0 radical (unpaired) electrons. The molecule has 3 heterocycles. The van der Waals surface area contributed by atoms with Crippen molar-refractivity contribution in [3.63, 3.8) is 0 Å². The van der Waals surface area contributed by atoms with Gasteiger partial charge in [-0.05, 0) is 63.6 Å². The number of halogens is 1. The molecular weight excluding hydrogens is 430 g/mol. The fraction of sp³-hybridized carbons (Fsp3) is 0.350. The number of carboxylic acid groups (broad SMARTS) is 1. The summed E-state index contributed by atoms with van der Waals surface area (Å²) in [5.41, 5.74) is 3.20. The predicted octanol–water partition coefficient (Wildman–Crippen LogP) is 5.67. The van der Waals surface area contributed by atoms with Crippen molar-refractivity contribution in [3.05, 3.63) is 60.4 Å². The van der Waals surface area contributed by atoms with Crippen LogP contribution in [0.25, 0.3) is 5.57 Å². The average molecular weight is 452 g/mol. The minimum Gasteiger partial charge on any atom is -0.478 e. The SMILES string of the molecule is CCc1ccsc1C(=CCCN1CCC=C(C(=O)O)C1)c1sccc1Br. The van der Waals surface area contributed by atoms with Gasteiger partial charge in [0.2, 0.25) is 0 Å². The van der Waals surface area contributed by atoms with E-state index in [2.05, 4.69) is 56.7 Å². The lowest BCUT2D eigenvalue weighted by atomic mass is 10.1. The zero-order chi connectivity index (χ0) is 18.5. The quantitative estimate of drug-likeness (QED) is 0.588. The van der Waals surface area contributed by atoms with Crippen molar-refractivity contribution in [1.29, 1.82) is 0 Å². The first kappa shape index (κ1) is 19.5. The zero-order valence-electron chi connectivity index (χ0n) is 14.7. The molecule has 2 aromatic heterocycles. The van der Waals surface area contributed by atoms with E-state index in [0.717, 1.165) is 36.8 Å². The molecule has 0 unspecified atom stereocenters. The molecule has 0 saturated carbocycles. The largest absolute Gasteiger partial charge is 0.478 e. The van der Waals surface area contributed by atoms with Gasteiger partial charge in [0.1, 0.15) is 0 Å². The molecule has 1 aliphatic rings. The van der Waals surface area contributed by atoms with Crippen LogP contribution in [0.5, 0.6) is 0 Å². The van der Waals surface area contributed by atoms with Crippen molar-refractivity contribution < 1.29 is 9.90 Å². The summed E-state index contributed by atoms with van der Waals surface area (Å²) < 4.78 is 1.14. The Morgan fingerprint density at radius 3 is 2.77 bits per heavy atom. The smallest absolute Gasteiger partial charge is 0.332 e. The van der Waals surface area contributed by atoms with Crippen LogP contribution in [0.1, 0.15) is 35.1 Å². The fourth-order valence-electron chi connectivity index (χ4n) is 3.17. The lowest BCUT2D eigenvalue weighted by Crippen LogP contribution is -2.32. The summed E-state index contributed by atoms with van der Waals surface area (Å²) in [6, 6.07) is 4.31. The van der Waals surface area contributed by atoms with E-state index in [-0.39, 0.29) is 0 Å². The summed E-state index contributed by atoms with van der Waals surface area (Å²) in [6.45, 7) is 4.55. The molecule has 3 nitrogen and oxygen atoms in total. The van der Waals surface area contributed by atoms with Crippen LogP contribution >= 0.6 is 38.6 Å². The number of hydrogen-bond acceptors (Lipinski definition) is 4. The number of carboxylic acids is 1. The first-order valence-electron chi connectivity index (χ1n) is 8.75. The maximum atomic E-state index is 11.2. The van der Waals surface area contributed by atoms with Crippen molar-refractivity contribution in [2.24, 2.45) is 0 Å². The molecule has 0 aliphatic carbocycles. The number of thiophene rings is 2. The monoisotopic (exact) mass is 451 g/mol. The van der Waals surface area contributed by atoms with Crippen LogP contribution in [0.2, 0.25) is 0 Å². The van der Waals surface area contributed by atoms with E-state index in [9.17, 15) is 9.90 Å². The first-order valence-corrected chi connectivity index (χ1v) is 11.3. The molecule has 0 aromatic carbocycles. The molecule has 0 bridgehead atoms. The number of nitrogens with zero attached hydrogens (tertiary/aromatic N) is 1. The van der Waals surface area contributed by atoms with Gasteiger partial charge < -0.3 is 5.11 Å². The maximum Gasteiger partial charge on any atom is 0.332 e. The molecule has 6 heteroatoms. The third-order valence-corrected chi connectivity index (χ3v) is 7.39. The molecule has 3 rings (SSSR count). The van der Waals surface area contributed by atoms with Gasteiger partial charge in [-0.25, -0.2) is 4.79 Å². The molecule has 138 valence electrons. The highest BCUT2D eigenvalue weighted by molar-refractivity contribution is 9.10. The molecule has 0 saturated heterocycles. The van der Waals surface area contributed by atoms with Crippen LogP contribution in [0.15, 0.2) is 45.1 Å². The summed E-state index contributed by atoms with van der Waals surface area (Å²) in [7, 11) is 0. The van der Waals surface area contributed by atoms with E-state index in [1.165, 1.54) is 20.9 Å². The van der Waals surface area contributed by atoms with Gasteiger partial charge in [-0.2, -0.15) is 0 Å². The molecule has 0 spiro atoms. The standard InChI is InChI=1S/C20H22BrNO2S2/c1-2-14-7-11-25-18(14)16(19-17(21)8-12-26-19)6-4-10-22-9-3-5-15(13-22)20(23)24/h5-8,11-12H,2-4,9-10,13H2,1H3,(H,23,24). The second kappa shape index (κ2) is 9.13. The molecule has 0 amide bonds. The Morgan fingerprint density at radius 1 is 1.31 bits per heavy atom. The second-order valence-electron chi connectivity index (χ2n) is 6.23. The van der Waals surface area contributed by atoms with Gasteiger partial charge in [0, 0.05) is 45.0 Å². The van der Waals surface area contributed by atoms with Crippen LogP contribution < -0.4 is 0 Å². The Bertz CT molecular complexity index is 834. The Hall–Kier alpha value is -1.21. The van der Waals surface area contributed by atoms with Gasteiger partial charge >= 0.3 is 5.97 Å². The number of aryl methyl sites for hydroxylation is 1. The van der Waals surface area contributed by atoms with Crippen LogP contribution in [-0.2, 0) is 11.2 Å². The second-order valence-corrected chi connectivity index (χ2v) is 8.92. The molecule has 1 N–H and O–H groups in total. The minimum atomic E-state index is -0.792. The third kappa shape index (κ3) is 4.55. The first-order chi connectivity index (χ1) is 12.6. The van der Waals surface area contributed by atoms with Gasteiger partial charge in [-0.15, -0.1) is 22.7 Å². The summed E-state index contributed by atoms with van der Waals surface area (Å²) >= 11 is 7.24. The Labute approximate surface area is 170 Å². The predicted molar refractivity (Wildman–Crippen MR) is 114 cm³/mol. The molecule has 1 aliphatic heterocycles. The zero-order valence-corrected chi connectivity index (χ0v) is 17.9. The Balaban J connectivity index is 1.77. The summed E-state index contributed by atoms with van der Waals surface area (Å²) in [5, 5.41) is 13.5. The van der Waals surface area contributed by atoms with Gasteiger partial charge in [0.05, 0.1) is 0 Å². The van der Waals surface area contributed by atoms with E-state index in [1.54, 1.807) is 22.7 Å². The van der Waals surface area contributed by atoms with Crippen molar-refractivity contribution in [3.8, 4) is 0 Å². The lowest BCUT2D eigenvalue weighted by Gasteiger charge is -2.25. The van der Waals surface area contributed by atoms with E-state index in [4.69, 9.17) is 0 Å². The Kier molecular flexibility index (Phi) is 6.86. The molecule has 0 atom stereocenters. The highest BCUT2D eigenvalue weighted by atomic mass is 79.9. The van der Waals surface area contributed by atoms with Crippen molar-refractivity contribution in [2.45, 2.75) is 26.2 Å². The highest BCUT2D eigenvalue weighted by Crippen LogP contribution is 2.38. The summed E-state index contributed by atoms with van der Waals surface area (Å²) in [4.78, 5) is 16.0. The average Bonchev–Trinajstić information content (AvgIpc) is 3.28. The Morgan fingerprint density at radius 2 is 2.08 bits per heavy atom. The van der Waals surface area contributed by atoms with Gasteiger partial charge in [0.25, 0.3) is 0 Å². The number of carbonyl (C=O) groups is 1. The van der Waals surface area contributed by atoms with Gasteiger partial charge in [0.15, 0.2) is 0 Å². The van der Waals surface area contributed by atoms with Gasteiger partial charge in [-0.3, -0.25) is 4.90 Å². The van der Waals surface area contributed by atoms with E-state index >= 15 is 0 Å². The number of aliphatic carboxylic acids is 1. The third-order valence-electron chi connectivity index (χ3n) is 4.53. The molecule has 2 aromatic rings. The van der Waals surface area contributed by atoms with Gasteiger partial charge in [-0.1, -0.05) is 19.1 Å². The van der Waals surface area contributed by atoms with Crippen molar-refractivity contribution in [2.75, 3.05) is 19.6 Å². The van der Waals surface area contributed by atoms with Crippen LogP contribution in [-0.4, -0.2) is 35.6 Å².